The number of piperidine rings is 1. The Morgan fingerprint density at radius 3 is 2.66 bits per heavy atom. The number of likely N-dealkylation sites (tertiary alicyclic amines) is 1. The molecule has 3 rings (SSSR count). The van der Waals surface area contributed by atoms with E-state index in [2.05, 4.69) is 47.6 Å². The van der Waals surface area contributed by atoms with Gasteiger partial charge in [0.2, 0.25) is 0 Å². The number of para-hydroxylation sites is 2. The van der Waals surface area contributed by atoms with Crippen LogP contribution in [0.1, 0.15) is 36.5 Å². The van der Waals surface area contributed by atoms with E-state index in [-0.39, 0.29) is 6.03 Å². The second kappa shape index (κ2) is 10.3. The van der Waals surface area contributed by atoms with Gasteiger partial charge in [-0.05, 0) is 75.9 Å². The Kier molecular flexibility index (Phi) is 7.53. The zero-order valence-corrected chi connectivity index (χ0v) is 17.8. The highest BCUT2D eigenvalue weighted by Crippen LogP contribution is 2.24. The molecule has 2 aromatic carbocycles. The molecule has 0 bridgehead atoms. The van der Waals surface area contributed by atoms with Crippen LogP contribution in [-0.4, -0.2) is 37.2 Å². The molecule has 0 saturated carbocycles. The molecule has 1 heterocycles. The van der Waals surface area contributed by atoms with Gasteiger partial charge in [-0.1, -0.05) is 35.9 Å². The van der Waals surface area contributed by atoms with Gasteiger partial charge in [0.05, 0.1) is 12.3 Å². The number of nitrogens with one attached hydrogen (secondary N) is 2. The van der Waals surface area contributed by atoms with Crippen LogP contribution in [0.5, 0.6) is 5.75 Å². The molecule has 1 aliphatic rings. The maximum atomic E-state index is 12.3. The van der Waals surface area contributed by atoms with Gasteiger partial charge in [-0.2, -0.15) is 0 Å². The lowest BCUT2D eigenvalue weighted by molar-refractivity contribution is 0.175. The van der Waals surface area contributed by atoms with Crippen LogP contribution in [0.3, 0.4) is 0 Å². The van der Waals surface area contributed by atoms with E-state index in [0.717, 1.165) is 32.5 Å². The second-order valence-electron chi connectivity index (χ2n) is 7.91. The van der Waals surface area contributed by atoms with Crippen LogP contribution in [0.25, 0.3) is 0 Å². The van der Waals surface area contributed by atoms with E-state index >= 15 is 0 Å². The van der Waals surface area contributed by atoms with Crippen molar-refractivity contribution in [3.63, 3.8) is 0 Å². The molecule has 0 unspecified atom stereocenters. The number of hydrogen-bond acceptors (Lipinski definition) is 3. The summed E-state index contributed by atoms with van der Waals surface area (Å²) in [6, 6.07) is 14.0. The van der Waals surface area contributed by atoms with Gasteiger partial charge in [-0.3, -0.25) is 4.90 Å². The van der Waals surface area contributed by atoms with E-state index in [9.17, 15) is 4.79 Å². The van der Waals surface area contributed by atoms with Gasteiger partial charge in [0.15, 0.2) is 0 Å². The minimum atomic E-state index is -0.171. The summed E-state index contributed by atoms with van der Waals surface area (Å²) in [6.07, 6.45) is 2.22. The fourth-order valence-corrected chi connectivity index (χ4v) is 3.81. The number of benzene rings is 2. The molecule has 1 saturated heterocycles. The predicted octanol–water partition coefficient (Wildman–Crippen LogP) is 4.74. The average Bonchev–Trinajstić information content (AvgIpc) is 2.72. The number of rotatable bonds is 7. The van der Waals surface area contributed by atoms with Crippen molar-refractivity contribution in [1.82, 2.24) is 10.2 Å². The van der Waals surface area contributed by atoms with Crippen molar-refractivity contribution in [3.8, 4) is 5.75 Å². The Bertz CT molecular complexity index is 814. The number of hydrogen-bond donors (Lipinski definition) is 2. The van der Waals surface area contributed by atoms with E-state index in [1.807, 2.05) is 31.2 Å². The van der Waals surface area contributed by atoms with Crippen LogP contribution < -0.4 is 15.4 Å². The molecule has 156 valence electrons. The first-order valence-corrected chi connectivity index (χ1v) is 10.6. The van der Waals surface area contributed by atoms with Gasteiger partial charge in [-0.15, -0.1) is 0 Å². The van der Waals surface area contributed by atoms with Crippen molar-refractivity contribution in [3.05, 3.63) is 59.2 Å². The fourth-order valence-electron chi connectivity index (χ4n) is 3.81. The van der Waals surface area contributed by atoms with Crippen LogP contribution in [0, 0.1) is 19.8 Å². The van der Waals surface area contributed by atoms with Gasteiger partial charge < -0.3 is 15.4 Å². The number of urea groups is 1. The van der Waals surface area contributed by atoms with Gasteiger partial charge in [0.25, 0.3) is 0 Å². The van der Waals surface area contributed by atoms with Crippen molar-refractivity contribution in [1.29, 1.82) is 0 Å². The molecule has 0 spiro atoms. The van der Waals surface area contributed by atoms with Crippen molar-refractivity contribution in [2.24, 2.45) is 5.92 Å². The Morgan fingerprint density at radius 1 is 1.14 bits per heavy atom. The van der Waals surface area contributed by atoms with Gasteiger partial charge in [0.1, 0.15) is 5.75 Å². The van der Waals surface area contributed by atoms with E-state index in [4.69, 9.17) is 4.74 Å². The molecule has 2 amide bonds. The highest BCUT2D eigenvalue weighted by Gasteiger charge is 2.20. The molecular formula is C24H33N3O2. The van der Waals surface area contributed by atoms with E-state index < -0.39 is 0 Å². The second-order valence-corrected chi connectivity index (χ2v) is 7.91. The number of nitrogens with zero attached hydrogens (tertiary/aromatic N) is 1. The van der Waals surface area contributed by atoms with Crippen LogP contribution in [-0.2, 0) is 6.54 Å². The van der Waals surface area contributed by atoms with Crippen LogP contribution in [0.15, 0.2) is 42.5 Å². The fraction of sp³-hybridized carbons (Fsp3) is 0.458. The number of carbonyl (C=O) groups is 1. The number of anilines is 1. The molecule has 1 fully saturated rings. The zero-order chi connectivity index (χ0) is 20.6. The zero-order valence-electron chi connectivity index (χ0n) is 17.8. The Hall–Kier alpha value is -2.53. The standard InChI is InChI=1S/C24H33N3O2/c1-4-29-23-8-6-5-7-22(23)26-24(28)25-16-20-11-13-27(14-12-20)17-21-15-18(2)9-10-19(21)3/h5-10,15,20H,4,11-14,16-17H2,1-3H3,(H2,25,26,28). The van der Waals surface area contributed by atoms with E-state index in [0.29, 0.717) is 30.5 Å². The van der Waals surface area contributed by atoms with E-state index in [1.54, 1.807) is 0 Å². The third kappa shape index (κ3) is 6.23. The van der Waals surface area contributed by atoms with Crippen molar-refractivity contribution in [2.75, 3.05) is 31.6 Å². The highest BCUT2D eigenvalue weighted by molar-refractivity contribution is 5.90. The first kappa shape index (κ1) is 21.2. The summed E-state index contributed by atoms with van der Waals surface area (Å²) < 4.78 is 5.56. The minimum Gasteiger partial charge on any atom is -0.492 e. The molecule has 2 N–H and O–H groups in total. The largest absolute Gasteiger partial charge is 0.492 e. The summed E-state index contributed by atoms with van der Waals surface area (Å²) >= 11 is 0. The van der Waals surface area contributed by atoms with Crippen molar-refractivity contribution in [2.45, 2.75) is 40.2 Å². The molecule has 29 heavy (non-hydrogen) atoms. The molecular weight excluding hydrogens is 362 g/mol. The maximum Gasteiger partial charge on any atom is 0.319 e. The number of carbonyl (C=O) groups excluding carboxylic acids is 1. The summed E-state index contributed by atoms with van der Waals surface area (Å²) in [5, 5.41) is 5.93. The Morgan fingerprint density at radius 2 is 1.90 bits per heavy atom. The van der Waals surface area contributed by atoms with Gasteiger partial charge in [0, 0.05) is 13.1 Å². The number of ether oxygens (including phenoxy) is 1. The first-order valence-electron chi connectivity index (χ1n) is 10.6. The average molecular weight is 396 g/mol. The topological polar surface area (TPSA) is 53.6 Å². The predicted molar refractivity (Wildman–Crippen MR) is 119 cm³/mol. The van der Waals surface area contributed by atoms with Gasteiger partial charge in [-0.25, -0.2) is 4.79 Å². The summed E-state index contributed by atoms with van der Waals surface area (Å²) in [6.45, 7) is 10.7. The highest BCUT2D eigenvalue weighted by atomic mass is 16.5. The molecule has 1 aliphatic heterocycles. The molecule has 5 nitrogen and oxygen atoms in total. The lowest BCUT2D eigenvalue weighted by Crippen LogP contribution is -2.39. The van der Waals surface area contributed by atoms with Crippen LogP contribution in [0.4, 0.5) is 10.5 Å². The van der Waals surface area contributed by atoms with Gasteiger partial charge >= 0.3 is 6.03 Å². The summed E-state index contributed by atoms with van der Waals surface area (Å²) in [5.74, 6) is 1.22. The maximum absolute atomic E-state index is 12.3. The quantitative estimate of drug-likeness (QED) is 0.712. The molecule has 5 heteroatoms. The lowest BCUT2D eigenvalue weighted by Gasteiger charge is -2.32. The number of amides is 2. The monoisotopic (exact) mass is 395 g/mol. The first-order chi connectivity index (χ1) is 14.0. The van der Waals surface area contributed by atoms with Crippen LogP contribution >= 0.6 is 0 Å². The smallest absolute Gasteiger partial charge is 0.319 e. The third-order valence-corrected chi connectivity index (χ3v) is 5.59. The molecule has 0 aromatic heterocycles. The third-order valence-electron chi connectivity index (χ3n) is 5.59. The van der Waals surface area contributed by atoms with Crippen molar-refractivity contribution >= 4 is 11.7 Å². The lowest BCUT2D eigenvalue weighted by atomic mass is 9.96. The Balaban J connectivity index is 1.42. The normalized spacial score (nSPS) is 15.1. The summed E-state index contributed by atoms with van der Waals surface area (Å²) in [5.41, 5.74) is 4.81. The van der Waals surface area contributed by atoms with Crippen molar-refractivity contribution < 1.29 is 9.53 Å². The molecule has 0 atom stereocenters. The summed E-state index contributed by atoms with van der Waals surface area (Å²) in [4.78, 5) is 14.8. The Labute approximate surface area is 174 Å². The summed E-state index contributed by atoms with van der Waals surface area (Å²) in [7, 11) is 0. The SMILES string of the molecule is CCOc1ccccc1NC(=O)NCC1CCN(Cc2cc(C)ccc2C)CC1. The molecule has 2 aromatic rings. The number of aryl methyl sites for hydroxylation is 2. The van der Waals surface area contributed by atoms with Crippen LogP contribution in [0.2, 0.25) is 0 Å². The molecule has 0 aliphatic carbocycles. The van der Waals surface area contributed by atoms with E-state index in [1.165, 1.54) is 16.7 Å². The minimum absolute atomic E-state index is 0.171. The molecule has 0 radical (unpaired) electrons.